The number of aromatic nitrogens is 3. The standard InChI is InChI=1S/C22H19N5O2S/c1-3-28-19-9-17-18(10-20(19)29-4-2)24-13-25-21(17)26-15-7-5-6-14(8-15)22-27-16(11-23)12-30-22/h5-10,12-13H,3-4H2,1-2H3,(H,24,25,26). The number of hydrogen-bond acceptors (Lipinski definition) is 8. The maximum atomic E-state index is 9.01. The van der Waals surface area contributed by atoms with Crippen LogP contribution in [0.4, 0.5) is 11.5 Å². The van der Waals surface area contributed by atoms with Crippen molar-refractivity contribution in [2.45, 2.75) is 13.8 Å². The minimum absolute atomic E-state index is 0.420. The number of ether oxygens (including phenoxy) is 2. The third kappa shape index (κ3) is 4.02. The fourth-order valence-electron chi connectivity index (χ4n) is 3.02. The van der Waals surface area contributed by atoms with E-state index in [4.69, 9.17) is 14.7 Å². The van der Waals surface area contributed by atoms with Crippen molar-refractivity contribution in [3.05, 3.63) is 53.8 Å². The van der Waals surface area contributed by atoms with Gasteiger partial charge in [-0.2, -0.15) is 5.26 Å². The summed E-state index contributed by atoms with van der Waals surface area (Å²) in [4.78, 5) is 13.1. The molecule has 0 fully saturated rings. The lowest BCUT2D eigenvalue weighted by Crippen LogP contribution is -2.01. The van der Waals surface area contributed by atoms with Crippen LogP contribution >= 0.6 is 11.3 Å². The summed E-state index contributed by atoms with van der Waals surface area (Å²) >= 11 is 1.44. The van der Waals surface area contributed by atoms with Gasteiger partial charge in [-0.15, -0.1) is 11.3 Å². The zero-order valence-electron chi connectivity index (χ0n) is 16.5. The average molecular weight is 417 g/mol. The van der Waals surface area contributed by atoms with E-state index in [0.29, 0.717) is 36.2 Å². The smallest absolute Gasteiger partial charge is 0.163 e. The van der Waals surface area contributed by atoms with Crippen LogP contribution in [-0.2, 0) is 0 Å². The molecule has 0 aliphatic heterocycles. The van der Waals surface area contributed by atoms with Gasteiger partial charge < -0.3 is 14.8 Å². The molecule has 0 saturated carbocycles. The van der Waals surface area contributed by atoms with Crippen molar-refractivity contribution in [3.8, 4) is 28.1 Å². The van der Waals surface area contributed by atoms with E-state index in [2.05, 4.69) is 26.3 Å². The summed E-state index contributed by atoms with van der Waals surface area (Å²) in [5.41, 5.74) is 2.96. The summed E-state index contributed by atoms with van der Waals surface area (Å²) in [6.45, 7) is 4.94. The van der Waals surface area contributed by atoms with E-state index < -0.39 is 0 Å². The molecule has 30 heavy (non-hydrogen) atoms. The molecule has 150 valence electrons. The van der Waals surface area contributed by atoms with Crippen LogP contribution in [0.1, 0.15) is 19.5 Å². The molecule has 0 aliphatic rings. The number of nitriles is 1. The van der Waals surface area contributed by atoms with Gasteiger partial charge in [0.15, 0.2) is 17.2 Å². The lowest BCUT2D eigenvalue weighted by atomic mass is 10.2. The van der Waals surface area contributed by atoms with E-state index in [1.165, 1.54) is 17.7 Å². The van der Waals surface area contributed by atoms with Gasteiger partial charge in [0, 0.05) is 28.1 Å². The van der Waals surface area contributed by atoms with Gasteiger partial charge >= 0.3 is 0 Å². The molecule has 0 unspecified atom stereocenters. The van der Waals surface area contributed by atoms with Crippen LogP contribution < -0.4 is 14.8 Å². The van der Waals surface area contributed by atoms with E-state index >= 15 is 0 Å². The second kappa shape index (κ2) is 8.76. The largest absolute Gasteiger partial charge is 0.490 e. The SMILES string of the molecule is CCOc1cc2ncnc(Nc3cccc(-c4nc(C#N)cs4)c3)c2cc1OCC. The van der Waals surface area contributed by atoms with Gasteiger partial charge in [0.1, 0.15) is 23.2 Å². The van der Waals surface area contributed by atoms with Crippen LogP contribution in [0.15, 0.2) is 48.1 Å². The van der Waals surface area contributed by atoms with Crippen LogP contribution in [0.25, 0.3) is 21.5 Å². The van der Waals surface area contributed by atoms with Crippen molar-refractivity contribution in [2.24, 2.45) is 0 Å². The van der Waals surface area contributed by atoms with Crippen LogP contribution in [0.3, 0.4) is 0 Å². The normalized spacial score (nSPS) is 10.6. The highest BCUT2D eigenvalue weighted by atomic mass is 32.1. The molecule has 0 spiro atoms. The molecule has 8 heteroatoms. The molecule has 0 radical (unpaired) electrons. The van der Waals surface area contributed by atoms with E-state index in [9.17, 15) is 0 Å². The van der Waals surface area contributed by atoms with Gasteiger partial charge in [-0.05, 0) is 32.0 Å². The molecule has 4 aromatic rings. The zero-order valence-corrected chi connectivity index (χ0v) is 17.4. The summed E-state index contributed by atoms with van der Waals surface area (Å²) in [7, 11) is 0. The Morgan fingerprint density at radius 1 is 1.07 bits per heavy atom. The molecular formula is C22H19N5O2S. The summed E-state index contributed by atoms with van der Waals surface area (Å²) < 4.78 is 11.4. The third-order valence-electron chi connectivity index (χ3n) is 4.29. The molecule has 0 saturated heterocycles. The molecule has 0 bridgehead atoms. The molecular weight excluding hydrogens is 398 g/mol. The minimum atomic E-state index is 0.420. The quantitative estimate of drug-likeness (QED) is 0.443. The van der Waals surface area contributed by atoms with Crippen molar-refractivity contribution in [3.63, 3.8) is 0 Å². The van der Waals surface area contributed by atoms with Gasteiger partial charge in [0.2, 0.25) is 0 Å². The van der Waals surface area contributed by atoms with E-state index in [0.717, 1.165) is 27.2 Å². The van der Waals surface area contributed by atoms with E-state index in [1.807, 2.05) is 50.2 Å². The Morgan fingerprint density at radius 3 is 2.60 bits per heavy atom. The van der Waals surface area contributed by atoms with Crippen molar-refractivity contribution in [1.82, 2.24) is 15.0 Å². The lowest BCUT2D eigenvalue weighted by molar-refractivity contribution is 0.288. The Kier molecular flexibility index (Phi) is 5.72. The van der Waals surface area contributed by atoms with Crippen molar-refractivity contribution in [2.75, 3.05) is 18.5 Å². The first-order valence-electron chi connectivity index (χ1n) is 9.49. The second-order valence-corrected chi connectivity index (χ2v) is 7.12. The predicted octanol–water partition coefficient (Wildman–Crippen LogP) is 5.17. The first kappa shape index (κ1) is 19.6. The number of anilines is 2. The van der Waals surface area contributed by atoms with Gasteiger partial charge in [-0.3, -0.25) is 0 Å². The van der Waals surface area contributed by atoms with Crippen molar-refractivity contribution < 1.29 is 9.47 Å². The number of nitrogens with zero attached hydrogens (tertiary/aromatic N) is 4. The molecule has 0 amide bonds. The number of nitrogens with one attached hydrogen (secondary N) is 1. The average Bonchev–Trinajstić information content (AvgIpc) is 3.25. The lowest BCUT2D eigenvalue weighted by Gasteiger charge is -2.14. The Balaban J connectivity index is 1.71. The van der Waals surface area contributed by atoms with E-state index in [1.54, 1.807) is 5.38 Å². The maximum Gasteiger partial charge on any atom is 0.163 e. The first-order valence-corrected chi connectivity index (χ1v) is 10.4. The van der Waals surface area contributed by atoms with Crippen molar-refractivity contribution >= 4 is 33.7 Å². The summed E-state index contributed by atoms with van der Waals surface area (Å²) in [5.74, 6) is 1.99. The number of fused-ring (bicyclic) bond motifs is 1. The second-order valence-electron chi connectivity index (χ2n) is 6.26. The topological polar surface area (TPSA) is 93.0 Å². The molecule has 0 atom stereocenters. The summed E-state index contributed by atoms with van der Waals surface area (Å²) in [6.07, 6.45) is 1.52. The highest BCUT2D eigenvalue weighted by Gasteiger charge is 2.13. The molecule has 2 aromatic carbocycles. The van der Waals surface area contributed by atoms with Gasteiger partial charge in [-0.1, -0.05) is 12.1 Å². The third-order valence-corrected chi connectivity index (χ3v) is 5.18. The zero-order chi connectivity index (χ0) is 20.9. The van der Waals surface area contributed by atoms with Crippen LogP contribution in [0.5, 0.6) is 11.5 Å². The number of hydrogen-bond donors (Lipinski definition) is 1. The van der Waals surface area contributed by atoms with Crippen LogP contribution in [0, 0.1) is 11.3 Å². The minimum Gasteiger partial charge on any atom is -0.490 e. The molecule has 4 rings (SSSR count). The molecule has 2 aromatic heterocycles. The molecule has 7 nitrogen and oxygen atoms in total. The first-order chi connectivity index (χ1) is 14.7. The van der Waals surface area contributed by atoms with Gasteiger partial charge in [0.05, 0.1) is 18.7 Å². The number of benzene rings is 2. The van der Waals surface area contributed by atoms with Crippen molar-refractivity contribution in [1.29, 1.82) is 5.26 Å². The highest BCUT2D eigenvalue weighted by molar-refractivity contribution is 7.13. The molecule has 1 N–H and O–H groups in total. The summed E-state index contributed by atoms with van der Waals surface area (Å²) in [6, 6.07) is 13.7. The summed E-state index contributed by atoms with van der Waals surface area (Å²) in [5, 5.41) is 15.7. The van der Waals surface area contributed by atoms with Crippen LogP contribution in [-0.4, -0.2) is 28.2 Å². The monoisotopic (exact) mass is 417 g/mol. The number of thiazole rings is 1. The van der Waals surface area contributed by atoms with Crippen LogP contribution in [0.2, 0.25) is 0 Å². The van der Waals surface area contributed by atoms with Gasteiger partial charge in [-0.25, -0.2) is 15.0 Å². The maximum absolute atomic E-state index is 9.01. The number of rotatable bonds is 7. The predicted molar refractivity (Wildman–Crippen MR) is 117 cm³/mol. The Bertz CT molecular complexity index is 1230. The van der Waals surface area contributed by atoms with E-state index in [-0.39, 0.29) is 0 Å². The Morgan fingerprint density at radius 2 is 1.87 bits per heavy atom. The Hall–Kier alpha value is -3.70. The fraction of sp³-hybridized carbons (Fsp3) is 0.182. The Labute approximate surface area is 178 Å². The molecule has 2 heterocycles. The van der Waals surface area contributed by atoms with Gasteiger partial charge in [0.25, 0.3) is 0 Å². The molecule has 0 aliphatic carbocycles. The fourth-order valence-corrected chi connectivity index (χ4v) is 3.77. The highest BCUT2D eigenvalue weighted by Crippen LogP contribution is 2.35.